The van der Waals surface area contributed by atoms with Crippen LogP contribution in [0.1, 0.15) is 26.2 Å². The molecule has 0 bridgehead atoms. The van der Waals surface area contributed by atoms with E-state index in [-0.39, 0.29) is 23.3 Å². The summed E-state index contributed by atoms with van der Waals surface area (Å²) in [6.45, 7) is 4.27. The third-order valence-electron chi connectivity index (χ3n) is 3.46. The van der Waals surface area contributed by atoms with E-state index in [4.69, 9.17) is 0 Å². The lowest BCUT2D eigenvalue weighted by Crippen LogP contribution is -2.51. The van der Waals surface area contributed by atoms with Gasteiger partial charge in [0.05, 0.1) is 11.5 Å². The van der Waals surface area contributed by atoms with Crippen LogP contribution < -0.4 is 16.0 Å². The Hall–Kier alpha value is -1.10. The van der Waals surface area contributed by atoms with Crippen LogP contribution in [-0.2, 0) is 9.59 Å². The van der Waals surface area contributed by atoms with Gasteiger partial charge in [-0.05, 0) is 26.3 Å². The van der Waals surface area contributed by atoms with Gasteiger partial charge >= 0.3 is 0 Å². The van der Waals surface area contributed by atoms with Crippen molar-refractivity contribution in [3.05, 3.63) is 0 Å². The molecule has 2 unspecified atom stereocenters. The maximum Gasteiger partial charge on any atom is 0.227 e. The van der Waals surface area contributed by atoms with Crippen LogP contribution >= 0.6 is 0 Å². The van der Waals surface area contributed by atoms with Gasteiger partial charge < -0.3 is 16.0 Å². The van der Waals surface area contributed by atoms with Crippen molar-refractivity contribution in [3.8, 4) is 0 Å². The van der Waals surface area contributed by atoms with Crippen LogP contribution in [0.5, 0.6) is 0 Å². The molecule has 2 aliphatic heterocycles. The summed E-state index contributed by atoms with van der Waals surface area (Å²) in [4.78, 5) is 23.1. The first-order chi connectivity index (χ1) is 7.60. The van der Waals surface area contributed by atoms with Crippen LogP contribution in [0.2, 0.25) is 0 Å². The second-order valence-electron chi connectivity index (χ2n) is 5.02. The van der Waals surface area contributed by atoms with E-state index in [2.05, 4.69) is 16.0 Å². The molecule has 0 radical (unpaired) electrons. The SMILES string of the molecule is CC1(C(=O)NC2CNC(=O)C2)CCCNC1. The highest BCUT2D eigenvalue weighted by Crippen LogP contribution is 2.25. The zero-order valence-corrected chi connectivity index (χ0v) is 9.64. The molecule has 0 aromatic heterocycles. The molecule has 2 saturated heterocycles. The normalized spacial score (nSPS) is 34.6. The van der Waals surface area contributed by atoms with Gasteiger partial charge in [-0.15, -0.1) is 0 Å². The molecule has 5 nitrogen and oxygen atoms in total. The van der Waals surface area contributed by atoms with E-state index in [1.165, 1.54) is 0 Å². The van der Waals surface area contributed by atoms with E-state index in [0.29, 0.717) is 13.0 Å². The molecule has 16 heavy (non-hydrogen) atoms. The van der Waals surface area contributed by atoms with Crippen molar-refractivity contribution in [3.63, 3.8) is 0 Å². The van der Waals surface area contributed by atoms with Crippen LogP contribution in [0.3, 0.4) is 0 Å². The highest BCUT2D eigenvalue weighted by Gasteiger charge is 2.36. The first kappa shape index (κ1) is 11.4. The molecule has 2 aliphatic rings. The second-order valence-corrected chi connectivity index (χ2v) is 5.02. The molecule has 2 fully saturated rings. The Morgan fingerprint density at radius 2 is 2.38 bits per heavy atom. The molecule has 2 amide bonds. The van der Waals surface area contributed by atoms with E-state index in [1.54, 1.807) is 0 Å². The Morgan fingerprint density at radius 1 is 1.56 bits per heavy atom. The van der Waals surface area contributed by atoms with Crippen LogP contribution in [0.4, 0.5) is 0 Å². The summed E-state index contributed by atoms with van der Waals surface area (Å²) in [6.07, 6.45) is 2.36. The minimum atomic E-state index is -0.316. The molecule has 0 aliphatic carbocycles. The fraction of sp³-hybridized carbons (Fsp3) is 0.818. The van der Waals surface area contributed by atoms with E-state index in [0.717, 1.165) is 25.9 Å². The summed E-state index contributed by atoms with van der Waals surface area (Å²) >= 11 is 0. The molecule has 0 aromatic rings. The Labute approximate surface area is 95.3 Å². The topological polar surface area (TPSA) is 70.2 Å². The number of nitrogens with one attached hydrogen (secondary N) is 3. The predicted molar refractivity (Wildman–Crippen MR) is 59.8 cm³/mol. The maximum atomic E-state index is 12.1. The first-order valence-corrected chi connectivity index (χ1v) is 5.88. The number of carbonyl (C=O) groups is 2. The van der Waals surface area contributed by atoms with Gasteiger partial charge in [-0.1, -0.05) is 0 Å². The van der Waals surface area contributed by atoms with Gasteiger partial charge in [-0.25, -0.2) is 0 Å². The molecule has 0 saturated carbocycles. The summed E-state index contributed by atoms with van der Waals surface area (Å²) in [7, 11) is 0. The average Bonchev–Trinajstić information content (AvgIpc) is 2.65. The molecular weight excluding hydrogens is 206 g/mol. The summed E-state index contributed by atoms with van der Waals surface area (Å²) in [6, 6.07) is -0.0289. The second kappa shape index (κ2) is 4.41. The van der Waals surface area contributed by atoms with Crippen molar-refractivity contribution in [1.29, 1.82) is 0 Å². The number of rotatable bonds is 2. The van der Waals surface area contributed by atoms with Crippen molar-refractivity contribution < 1.29 is 9.59 Å². The van der Waals surface area contributed by atoms with Gasteiger partial charge in [0.25, 0.3) is 0 Å². The van der Waals surface area contributed by atoms with Crippen molar-refractivity contribution in [2.24, 2.45) is 5.41 Å². The van der Waals surface area contributed by atoms with E-state index in [9.17, 15) is 9.59 Å². The predicted octanol–water partition coefficient (Wildman–Crippen LogP) is -0.619. The van der Waals surface area contributed by atoms with Crippen LogP contribution in [0.25, 0.3) is 0 Å². The van der Waals surface area contributed by atoms with Crippen molar-refractivity contribution in [2.75, 3.05) is 19.6 Å². The molecule has 90 valence electrons. The Balaban J connectivity index is 1.89. The van der Waals surface area contributed by atoms with Gasteiger partial charge in [0.1, 0.15) is 0 Å². The minimum Gasteiger partial charge on any atom is -0.354 e. The highest BCUT2D eigenvalue weighted by atomic mass is 16.2. The largest absolute Gasteiger partial charge is 0.354 e. The summed E-state index contributed by atoms with van der Waals surface area (Å²) in [5, 5.41) is 8.92. The van der Waals surface area contributed by atoms with Gasteiger partial charge in [0.2, 0.25) is 11.8 Å². The lowest BCUT2D eigenvalue weighted by molar-refractivity contribution is -0.131. The molecule has 0 aromatic carbocycles. The lowest BCUT2D eigenvalue weighted by Gasteiger charge is -2.33. The standard InChI is InChI=1S/C11H19N3O2/c1-11(3-2-4-12-7-11)10(16)14-8-5-9(15)13-6-8/h8,12H,2-7H2,1H3,(H,13,15)(H,14,16). The molecular formula is C11H19N3O2. The zero-order chi connectivity index (χ0) is 11.6. The summed E-state index contributed by atoms with van der Waals surface area (Å²) < 4.78 is 0. The molecule has 5 heteroatoms. The fourth-order valence-electron chi connectivity index (χ4n) is 2.32. The molecule has 2 heterocycles. The lowest BCUT2D eigenvalue weighted by atomic mass is 9.81. The minimum absolute atomic E-state index is 0.0252. The fourth-order valence-corrected chi connectivity index (χ4v) is 2.32. The number of hydrogen-bond acceptors (Lipinski definition) is 3. The van der Waals surface area contributed by atoms with Crippen molar-refractivity contribution in [2.45, 2.75) is 32.2 Å². The third-order valence-corrected chi connectivity index (χ3v) is 3.46. The van der Waals surface area contributed by atoms with Gasteiger partial charge in [-0.3, -0.25) is 9.59 Å². The number of amides is 2. The average molecular weight is 225 g/mol. The van der Waals surface area contributed by atoms with E-state index < -0.39 is 0 Å². The first-order valence-electron chi connectivity index (χ1n) is 5.88. The molecule has 0 spiro atoms. The molecule has 2 rings (SSSR count). The van der Waals surface area contributed by atoms with Crippen molar-refractivity contribution in [1.82, 2.24) is 16.0 Å². The third kappa shape index (κ3) is 2.35. The number of carbonyl (C=O) groups excluding carboxylic acids is 2. The van der Waals surface area contributed by atoms with Crippen molar-refractivity contribution >= 4 is 11.8 Å². The van der Waals surface area contributed by atoms with Gasteiger partial charge in [0.15, 0.2) is 0 Å². The summed E-state index contributed by atoms with van der Waals surface area (Å²) in [5.74, 6) is 0.0958. The van der Waals surface area contributed by atoms with Gasteiger partial charge in [0, 0.05) is 19.5 Å². The van der Waals surface area contributed by atoms with Crippen LogP contribution in [0, 0.1) is 5.41 Å². The highest BCUT2D eigenvalue weighted by molar-refractivity contribution is 5.85. The van der Waals surface area contributed by atoms with Crippen LogP contribution in [0.15, 0.2) is 0 Å². The molecule has 2 atom stereocenters. The van der Waals surface area contributed by atoms with E-state index in [1.807, 2.05) is 6.92 Å². The Kier molecular flexibility index (Phi) is 3.14. The maximum absolute atomic E-state index is 12.1. The van der Waals surface area contributed by atoms with Gasteiger partial charge in [-0.2, -0.15) is 0 Å². The van der Waals surface area contributed by atoms with E-state index >= 15 is 0 Å². The number of hydrogen-bond donors (Lipinski definition) is 3. The summed E-state index contributed by atoms with van der Waals surface area (Å²) in [5.41, 5.74) is -0.316. The number of piperidine rings is 1. The van der Waals surface area contributed by atoms with Crippen LogP contribution in [-0.4, -0.2) is 37.5 Å². The monoisotopic (exact) mass is 225 g/mol. The smallest absolute Gasteiger partial charge is 0.227 e. The zero-order valence-electron chi connectivity index (χ0n) is 9.64. The Morgan fingerprint density at radius 3 is 2.94 bits per heavy atom. The Bertz CT molecular complexity index is 298. The molecule has 3 N–H and O–H groups in total. The quantitative estimate of drug-likeness (QED) is 0.586.